The van der Waals surface area contributed by atoms with Crippen LogP contribution in [0, 0.1) is 17.3 Å². The minimum Gasteiger partial charge on any atom is -0.396 e. The van der Waals surface area contributed by atoms with Crippen LogP contribution in [0.3, 0.4) is 0 Å². The highest BCUT2D eigenvalue weighted by molar-refractivity contribution is 6.18. The van der Waals surface area contributed by atoms with Crippen LogP contribution in [0.4, 0.5) is 0 Å². The van der Waals surface area contributed by atoms with Gasteiger partial charge in [-0.15, -0.1) is 23.2 Å². The van der Waals surface area contributed by atoms with Crippen molar-refractivity contribution in [3.63, 3.8) is 0 Å². The molecule has 2 N–H and O–H groups in total. The van der Waals surface area contributed by atoms with E-state index in [1.165, 1.54) is 32.1 Å². The van der Waals surface area contributed by atoms with Crippen molar-refractivity contribution in [2.45, 2.75) is 44.9 Å². The largest absolute Gasteiger partial charge is 0.396 e. The highest BCUT2D eigenvalue weighted by Gasteiger charge is 2.35. The first-order chi connectivity index (χ1) is 8.69. The first kappa shape index (κ1) is 16.6. The molecule has 0 amide bonds. The summed E-state index contributed by atoms with van der Waals surface area (Å²) in [6.07, 6.45) is 8.13. The maximum atomic E-state index is 9.36. The normalized spacial score (nSPS) is 22.7. The van der Waals surface area contributed by atoms with Gasteiger partial charge >= 0.3 is 0 Å². The predicted molar refractivity (Wildman–Crippen MR) is 77.3 cm³/mol. The second-order valence-corrected chi connectivity index (χ2v) is 6.49. The van der Waals surface area contributed by atoms with Crippen molar-refractivity contribution in [1.29, 1.82) is 0 Å². The van der Waals surface area contributed by atoms with Gasteiger partial charge in [-0.3, -0.25) is 0 Å². The molecule has 0 radical (unpaired) electrons. The number of hydrogen-bond acceptors (Lipinski definition) is 2. The molecule has 0 aromatic rings. The monoisotopic (exact) mass is 296 g/mol. The van der Waals surface area contributed by atoms with Crippen LogP contribution < -0.4 is 0 Å². The van der Waals surface area contributed by atoms with Gasteiger partial charge < -0.3 is 10.2 Å². The lowest BCUT2D eigenvalue weighted by Gasteiger charge is -2.41. The molecule has 1 fully saturated rings. The van der Waals surface area contributed by atoms with Gasteiger partial charge in [0.1, 0.15) is 0 Å². The van der Waals surface area contributed by atoms with Gasteiger partial charge in [0.25, 0.3) is 0 Å². The van der Waals surface area contributed by atoms with Crippen molar-refractivity contribution in [1.82, 2.24) is 0 Å². The van der Waals surface area contributed by atoms with Crippen molar-refractivity contribution in [3.05, 3.63) is 0 Å². The third kappa shape index (κ3) is 4.88. The predicted octanol–water partition coefficient (Wildman–Crippen LogP) is 3.41. The van der Waals surface area contributed by atoms with Gasteiger partial charge in [0.2, 0.25) is 0 Å². The summed E-state index contributed by atoms with van der Waals surface area (Å²) in [5.74, 6) is 1.39. The van der Waals surface area contributed by atoms with E-state index in [9.17, 15) is 10.2 Å². The second-order valence-electron chi connectivity index (χ2n) is 5.87. The van der Waals surface area contributed by atoms with E-state index in [0.29, 0.717) is 11.8 Å². The standard InChI is InChI=1S/C14H26Cl2O2/c15-8-12(10-17)6-14(4-2-1-3-5-14)7-13(9-16)11-18/h12-13,17-18H,1-11H2. The number of halogens is 2. The molecule has 2 atom stereocenters. The number of aliphatic hydroxyl groups is 2. The molecule has 0 aromatic carbocycles. The van der Waals surface area contributed by atoms with Gasteiger partial charge in [-0.25, -0.2) is 0 Å². The zero-order chi connectivity index (χ0) is 13.4. The van der Waals surface area contributed by atoms with Crippen LogP contribution in [-0.4, -0.2) is 35.2 Å². The van der Waals surface area contributed by atoms with Crippen molar-refractivity contribution in [2.75, 3.05) is 25.0 Å². The van der Waals surface area contributed by atoms with Crippen LogP contribution in [0.1, 0.15) is 44.9 Å². The average Bonchev–Trinajstić information content (AvgIpc) is 2.43. The molecule has 0 aliphatic heterocycles. The molecule has 108 valence electrons. The van der Waals surface area contributed by atoms with E-state index in [0.717, 1.165) is 12.8 Å². The Morgan fingerprint density at radius 2 is 1.28 bits per heavy atom. The molecule has 4 heteroatoms. The van der Waals surface area contributed by atoms with Crippen molar-refractivity contribution >= 4 is 23.2 Å². The minimum absolute atomic E-state index is 0.163. The molecule has 1 aliphatic rings. The zero-order valence-corrected chi connectivity index (χ0v) is 12.6. The van der Waals surface area contributed by atoms with E-state index in [1.807, 2.05) is 0 Å². The van der Waals surface area contributed by atoms with E-state index in [4.69, 9.17) is 23.2 Å². The molecule has 1 aliphatic carbocycles. The first-order valence-corrected chi connectivity index (χ1v) is 8.10. The smallest absolute Gasteiger partial charge is 0.0470 e. The highest BCUT2D eigenvalue weighted by Crippen LogP contribution is 2.46. The second kappa shape index (κ2) is 8.63. The Bertz CT molecular complexity index is 194. The summed E-state index contributed by atoms with van der Waals surface area (Å²) in [6, 6.07) is 0. The SMILES string of the molecule is OCC(CCl)CC1(CC(CO)CCl)CCCCC1. The molecule has 0 spiro atoms. The molecular formula is C14H26Cl2O2. The molecule has 0 bridgehead atoms. The summed E-state index contributed by atoms with van der Waals surface area (Å²) < 4.78 is 0. The third-order valence-corrected chi connectivity index (χ3v) is 5.18. The summed E-state index contributed by atoms with van der Waals surface area (Å²) >= 11 is 11.8. The van der Waals surface area contributed by atoms with Crippen LogP contribution in [0.25, 0.3) is 0 Å². The van der Waals surface area contributed by atoms with Gasteiger partial charge in [0.05, 0.1) is 0 Å². The third-order valence-electron chi connectivity index (χ3n) is 4.31. The van der Waals surface area contributed by atoms with Crippen LogP contribution >= 0.6 is 23.2 Å². The fourth-order valence-corrected chi connectivity index (χ4v) is 3.77. The molecule has 2 unspecified atom stereocenters. The molecule has 0 heterocycles. The molecule has 1 rings (SSSR count). The number of alkyl halides is 2. The Kier molecular flexibility index (Phi) is 7.93. The van der Waals surface area contributed by atoms with E-state index >= 15 is 0 Å². The van der Waals surface area contributed by atoms with Crippen molar-refractivity contribution in [3.8, 4) is 0 Å². The highest BCUT2D eigenvalue weighted by atomic mass is 35.5. The average molecular weight is 297 g/mol. The first-order valence-electron chi connectivity index (χ1n) is 7.03. The van der Waals surface area contributed by atoms with E-state index < -0.39 is 0 Å². The van der Waals surface area contributed by atoms with Crippen molar-refractivity contribution < 1.29 is 10.2 Å². The maximum absolute atomic E-state index is 9.36. The Hall–Kier alpha value is 0.500. The summed E-state index contributed by atoms with van der Waals surface area (Å²) in [5.41, 5.74) is 0.239. The van der Waals surface area contributed by atoms with Crippen molar-refractivity contribution in [2.24, 2.45) is 17.3 Å². The summed E-state index contributed by atoms with van der Waals surface area (Å²) in [4.78, 5) is 0. The van der Waals surface area contributed by atoms with Crippen LogP contribution in [0.2, 0.25) is 0 Å². The molecule has 1 saturated carbocycles. The van der Waals surface area contributed by atoms with Crippen LogP contribution in [0.5, 0.6) is 0 Å². The van der Waals surface area contributed by atoms with Gasteiger partial charge in [0, 0.05) is 25.0 Å². The molecule has 2 nitrogen and oxygen atoms in total. The fourth-order valence-electron chi connectivity index (χ4n) is 3.35. The van der Waals surface area contributed by atoms with Crippen LogP contribution in [-0.2, 0) is 0 Å². The molecular weight excluding hydrogens is 271 g/mol. The quantitative estimate of drug-likeness (QED) is 0.674. The van der Waals surface area contributed by atoms with Gasteiger partial charge in [0.15, 0.2) is 0 Å². The van der Waals surface area contributed by atoms with E-state index in [1.54, 1.807) is 0 Å². The van der Waals surface area contributed by atoms with E-state index in [2.05, 4.69) is 0 Å². The minimum atomic E-state index is 0.163. The summed E-state index contributed by atoms with van der Waals surface area (Å²) in [6.45, 7) is 0.325. The van der Waals surface area contributed by atoms with E-state index in [-0.39, 0.29) is 30.5 Å². The Balaban J connectivity index is 2.67. The van der Waals surface area contributed by atoms with Gasteiger partial charge in [-0.2, -0.15) is 0 Å². The molecule has 18 heavy (non-hydrogen) atoms. The topological polar surface area (TPSA) is 40.5 Å². The summed E-state index contributed by atoms with van der Waals surface area (Å²) in [7, 11) is 0. The maximum Gasteiger partial charge on any atom is 0.0470 e. The lowest BCUT2D eigenvalue weighted by atomic mass is 9.65. The van der Waals surface area contributed by atoms with Gasteiger partial charge in [-0.05, 0) is 42.9 Å². The fraction of sp³-hybridized carbons (Fsp3) is 1.00. The van der Waals surface area contributed by atoms with Crippen LogP contribution in [0.15, 0.2) is 0 Å². The number of hydrogen-bond donors (Lipinski definition) is 2. The zero-order valence-electron chi connectivity index (χ0n) is 11.1. The Labute approximate surface area is 121 Å². The van der Waals surface area contributed by atoms with Gasteiger partial charge in [-0.1, -0.05) is 19.3 Å². The Morgan fingerprint density at radius 1 is 0.833 bits per heavy atom. The summed E-state index contributed by atoms with van der Waals surface area (Å²) in [5, 5.41) is 18.7. The lowest BCUT2D eigenvalue weighted by Crippen LogP contribution is -2.32. The number of aliphatic hydroxyl groups excluding tert-OH is 2. The Morgan fingerprint density at radius 3 is 1.61 bits per heavy atom. The molecule has 0 aromatic heterocycles. The lowest BCUT2D eigenvalue weighted by molar-refractivity contribution is 0.0769. The number of rotatable bonds is 8. The molecule has 0 saturated heterocycles.